The Kier molecular flexibility index (Phi) is 6.34. The highest BCUT2D eigenvalue weighted by Crippen LogP contribution is 2.00. The summed E-state index contributed by atoms with van der Waals surface area (Å²) < 4.78 is 4.64. The lowest BCUT2D eigenvalue weighted by Crippen LogP contribution is -2.47. The second-order valence-corrected chi connectivity index (χ2v) is 4.49. The quantitative estimate of drug-likeness (QED) is 0.505. The van der Waals surface area contributed by atoms with E-state index in [-0.39, 0.29) is 19.5 Å². The van der Waals surface area contributed by atoms with Crippen LogP contribution in [-0.4, -0.2) is 71.1 Å². The number of nitrogens with zero attached hydrogens (tertiary/aromatic N) is 2. The summed E-state index contributed by atoms with van der Waals surface area (Å²) in [5.41, 5.74) is 0.671. The molecule has 1 amide bonds. The van der Waals surface area contributed by atoms with Crippen molar-refractivity contribution in [3.8, 4) is 0 Å². The number of aromatic nitrogens is 2. The molecule has 1 aromatic rings. The Morgan fingerprint density at radius 3 is 2.71 bits per heavy atom. The molecule has 0 bridgehead atoms. The Morgan fingerprint density at radius 1 is 1.48 bits per heavy atom. The molecule has 9 heteroatoms. The highest BCUT2D eigenvalue weighted by molar-refractivity contribution is 5.85. The molecule has 21 heavy (non-hydrogen) atoms. The lowest BCUT2D eigenvalue weighted by atomic mass is 10.1. The van der Waals surface area contributed by atoms with Crippen molar-refractivity contribution < 1.29 is 24.2 Å². The number of H-pyrrole nitrogens is 1. The van der Waals surface area contributed by atoms with E-state index in [9.17, 15) is 14.4 Å². The average molecular weight is 298 g/mol. The van der Waals surface area contributed by atoms with Gasteiger partial charge in [-0.05, 0) is 7.05 Å². The van der Waals surface area contributed by atoms with Crippen LogP contribution < -0.4 is 5.32 Å². The van der Waals surface area contributed by atoms with Gasteiger partial charge in [-0.15, -0.1) is 0 Å². The first kappa shape index (κ1) is 16.6. The third-order valence-electron chi connectivity index (χ3n) is 2.62. The highest BCUT2D eigenvalue weighted by Gasteiger charge is 2.23. The van der Waals surface area contributed by atoms with Crippen molar-refractivity contribution in [1.29, 1.82) is 0 Å². The Labute approximate surface area is 121 Å². The number of rotatable bonds is 8. The predicted octanol–water partition coefficient (Wildman–Crippen LogP) is -1.37. The van der Waals surface area contributed by atoms with Crippen molar-refractivity contribution in [3.63, 3.8) is 0 Å². The average Bonchev–Trinajstić information content (AvgIpc) is 2.88. The molecule has 3 N–H and O–H groups in total. The monoisotopic (exact) mass is 298 g/mol. The molecule has 1 heterocycles. The number of hydrogen-bond donors (Lipinski definition) is 3. The third kappa shape index (κ3) is 6.04. The van der Waals surface area contributed by atoms with E-state index in [2.05, 4.69) is 20.0 Å². The number of aliphatic carboxylic acids is 1. The summed E-state index contributed by atoms with van der Waals surface area (Å²) in [5.74, 6) is -2.08. The standard InChI is InChI=1S/C12H18N4O5/c1-16(6-11(18)19)5-10(17)15-9(12(20)21-2)3-8-4-13-7-14-8/h4,7,9H,3,5-6H2,1-2H3,(H,13,14)(H,15,17)(H,18,19)/t9-/m0/s1. The normalized spacial score (nSPS) is 12.0. The zero-order valence-electron chi connectivity index (χ0n) is 11.8. The Hall–Kier alpha value is -2.42. The number of carbonyl (C=O) groups excluding carboxylic acids is 2. The number of aromatic amines is 1. The van der Waals surface area contributed by atoms with Crippen LogP contribution in [0.25, 0.3) is 0 Å². The summed E-state index contributed by atoms with van der Waals surface area (Å²) in [4.78, 5) is 42.0. The summed E-state index contributed by atoms with van der Waals surface area (Å²) in [6, 6.07) is -0.860. The minimum atomic E-state index is -1.03. The fourth-order valence-electron chi connectivity index (χ4n) is 1.72. The minimum absolute atomic E-state index is 0.136. The molecule has 1 rings (SSSR count). The molecule has 0 spiro atoms. The molecule has 1 atom stereocenters. The van der Waals surface area contributed by atoms with Gasteiger partial charge in [0.15, 0.2) is 0 Å². The number of likely N-dealkylation sites (N-methyl/N-ethyl adjacent to an activating group) is 1. The number of hydrogen-bond acceptors (Lipinski definition) is 6. The maximum absolute atomic E-state index is 11.8. The van der Waals surface area contributed by atoms with Gasteiger partial charge >= 0.3 is 11.9 Å². The molecular weight excluding hydrogens is 280 g/mol. The van der Waals surface area contributed by atoms with Gasteiger partial charge < -0.3 is 20.1 Å². The largest absolute Gasteiger partial charge is 0.480 e. The number of methoxy groups -OCH3 is 1. The van der Waals surface area contributed by atoms with Crippen molar-refractivity contribution in [2.24, 2.45) is 0 Å². The van der Waals surface area contributed by atoms with Crippen LogP contribution in [0.5, 0.6) is 0 Å². The van der Waals surface area contributed by atoms with Crippen LogP contribution in [0.4, 0.5) is 0 Å². The van der Waals surface area contributed by atoms with E-state index in [0.717, 1.165) is 0 Å². The molecule has 0 aliphatic rings. The summed E-state index contributed by atoms with van der Waals surface area (Å²) in [5, 5.41) is 11.1. The van der Waals surface area contributed by atoms with Crippen LogP contribution in [0.3, 0.4) is 0 Å². The van der Waals surface area contributed by atoms with Crippen molar-refractivity contribution in [3.05, 3.63) is 18.2 Å². The summed E-state index contributed by atoms with van der Waals surface area (Å²) in [6.07, 6.45) is 3.21. The van der Waals surface area contributed by atoms with Gasteiger partial charge in [0, 0.05) is 18.3 Å². The smallest absolute Gasteiger partial charge is 0.328 e. The number of esters is 1. The van der Waals surface area contributed by atoms with Crippen LogP contribution in [0.2, 0.25) is 0 Å². The lowest BCUT2D eigenvalue weighted by Gasteiger charge is -2.18. The fraction of sp³-hybridized carbons (Fsp3) is 0.500. The summed E-state index contributed by atoms with van der Waals surface area (Å²) >= 11 is 0. The predicted molar refractivity (Wildman–Crippen MR) is 71.4 cm³/mol. The molecule has 0 aromatic carbocycles. The van der Waals surface area contributed by atoms with Gasteiger partial charge in [-0.1, -0.05) is 0 Å². The highest BCUT2D eigenvalue weighted by atomic mass is 16.5. The number of imidazole rings is 1. The van der Waals surface area contributed by atoms with E-state index in [4.69, 9.17) is 5.11 Å². The SMILES string of the molecule is COC(=O)[C@H](Cc1cnc[nH]1)NC(=O)CN(C)CC(=O)O. The number of carboxylic acids is 1. The molecule has 0 aliphatic heterocycles. The van der Waals surface area contributed by atoms with Crippen molar-refractivity contribution in [2.45, 2.75) is 12.5 Å². The van der Waals surface area contributed by atoms with Gasteiger partial charge in [-0.2, -0.15) is 0 Å². The van der Waals surface area contributed by atoms with Gasteiger partial charge in [0.1, 0.15) is 6.04 Å². The Bertz CT molecular complexity index is 488. The fourth-order valence-corrected chi connectivity index (χ4v) is 1.72. The Balaban J connectivity index is 2.57. The molecule has 0 saturated carbocycles. The van der Waals surface area contributed by atoms with Gasteiger partial charge in [0.25, 0.3) is 0 Å². The molecular formula is C12H18N4O5. The van der Waals surface area contributed by atoms with E-state index in [1.165, 1.54) is 25.4 Å². The number of carboxylic acid groups (broad SMARTS) is 1. The summed E-state index contributed by atoms with van der Waals surface area (Å²) in [6.45, 7) is -0.403. The first-order chi connectivity index (χ1) is 9.92. The zero-order chi connectivity index (χ0) is 15.8. The second kappa shape index (κ2) is 8.00. The van der Waals surface area contributed by atoms with Crippen molar-refractivity contribution >= 4 is 17.8 Å². The lowest BCUT2D eigenvalue weighted by molar-refractivity contribution is -0.145. The molecule has 0 radical (unpaired) electrons. The van der Waals surface area contributed by atoms with Crippen LogP contribution in [0.15, 0.2) is 12.5 Å². The van der Waals surface area contributed by atoms with Gasteiger partial charge in [0.05, 0.1) is 26.5 Å². The van der Waals surface area contributed by atoms with Crippen LogP contribution in [0.1, 0.15) is 5.69 Å². The van der Waals surface area contributed by atoms with Crippen molar-refractivity contribution in [1.82, 2.24) is 20.2 Å². The number of nitrogens with one attached hydrogen (secondary N) is 2. The van der Waals surface area contributed by atoms with Gasteiger partial charge in [0.2, 0.25) is 5.91 Å². The molecule has 1 aromatic heterocycles. The topological polar surface area (TPSA) is 125 Å². The van der Waals surface area contributed by atoms with Gasteiger partial charge in [-0.25, -0.2) is 9.78 Å². The van der Waals surface area contributed by atoms with Crippen molar-refractivity contribution in [2.75, 3.05) is 27.2 Å². The Morgan fingerprint density at radius 2 is 2.19 bits per heavy atom. The van der Waals surface area contributed by atoms with Crippen LogP contribution in [-0.2, 0) is 25.5 Å². The van der Waals surface area contributed by atoms with E-state index < -0.39 is 23.9 Å². The molecule has 0 unspecified atom stereocenters. The number of ether oxygens (including phenoxy) is 1. The maximum Gasteiger partial charge on any atom is 0.328 e. The first-order valence-electron chi connectivity index (χ1n) is 6.17. The van der Waals surface area contributed by atoms with E-state index in [1.54, 1.807) is 6.20 Å². The maximum atomic E-state index is 11.8. The molecule has 0 fully saturated rings. The summed E-state index contributed by atoms with van der Waals surface area (Å²) in [7, 11) is 2.72. The first-order valence-corrected chi connectivity index (χ1v) is 6.17. The number of amides is 1. The molecule has 9 nitrogen and oxygen atoms in total. The molecule has 0 saturated heterocycles. The van der Waals surface area contributed by atoms with E-state index in [0.29, 0.717) is 5.69 Å². The van der Waals surface area contributed by atoms with Crippen LogP contribution in [0, 0.1) is 0 Å². The van der Waals surface area contributed by atoms with E-state index in [1.807, 2.05) is 0 Å². The molecule has 116 valence electrons. The zero-order valence-corrected chi connectivity index (χ0v) is 11.8. The second-order valence-electron chi connectivity index (χ2n) is 4.49. The third-order valence-corrected chi connectivity index (χ3v) is 2.62. The van der Waals surface area contributed by atoms with Crippen LogP contribution >= 0.6 is 0 Å². The number of carbonyl (C=O) groups is 3. The van der Waals surface area contributed by atoms with Gasteiger partial charge in [-0.3, -0.25) is 14.5 Å². The van der Waals surface area contributed by atoms with E-state index >= 15 is 0 Å². The minimum Gasteiger partial charge on any atom is -0.480 e. The molecule has 0 aliphatic carbocycles.